The Morgan fingerprint density at radius 3 is 2.75 bits per heavy atom. The van der Waals surface area contributed by atoms with Gasteiger partial charge in [0, 0.05) is 31.6 Å². The Morgan fingerprint density at radius 1 is 1.44 bits per heavy atom. The molecule has 1 aromatic rings. The number of halogens is 1. The first kappa shape index (κ1) is 13.0. The highest BCUT2D eigenvalue weighted by Crippen LogP contribution is 2.15. The number of nitrogens with two attached hydrogens (primary N) is 1. The normalized spacial score (nSPS) is 10.2. The Hall–Kier alpha value is -1.06. The molecule has 0 saturated heterocycles. The molecule has 0 aliphatic rings. The minimum Gasteiger partial charge on any atom is -0.345 e. The highest BCUT2D eigenvalue weighted by molar-refractivity contribution is 6.31. The van der Waals surface area contributed by atoms with Crippen molar-refractivity contribution in [2.45, 2.75) is 12.8 Å². The first-order valence-electron chi connectivity index (χ1n) is 5.32. The van der Waals surface area contributed by atoms with Gasteiger partial charge in [-0.05, 0) is 18.1 Å². The van der Waals surface area contributed by atoms with Gasteiger partial charge in [0.25, 0.3) is 0 Å². The van der Waals surface area contributed by atoms with Gasteiger partial charge in [-0.2, -0.15) is 0 Å². The van der Waals surface area contributed by atoms with Crippen molar-refractivity contribution in [1.29, 1.82) is 0 Å². The number of likely N-dealkylation sites (N-methyl/N-ethyl adjacent to an activating group) is 1. The summed E-state index contributed by atoms with van der Waals surface area (Å²) < 4.78 is 0. The summed E-state index contributed by atoms with van der Waals surface area (Å²) in [5.41, 5.74) is 6.40. The van der Waals surface area contributed by atoms with Crippen LogP contribution in [0.3, 0.4) is 0 Å². The van der Waals surface area contributed by atoms with Crippen LogP contribution >= 0.6 is 11.6 Å². The summed E-state index contributed by atoms with van der Waals surface area (Å²) >= 11 is 6.02. The molecule has 0 fully saturated rings. The fraction of sp³-hybridized carbons (Fsp3) is 0.417. The van der Waals surface area contributed by atoms with E-state index in [9.17, 15) is 4.79 Å². The molecule has 1 amide bonds. The summed E-state index contributed by atoms with van der Waals surface area (Å²) in [6, 6.07) is 7.68. The maximum absolute atomic E-state index is 11.5. The van der Waals surface area contributed by atoms with Crippen LogP contribution in [0.5, 0.6) is 0 Å². The zero-order valence-corrected chi connectivity index (χ0v) is 10.2. The number of benzene rings is 1. The molecule has 0 bridgehead atoms. The summed E-state index contributed by atoms with van der Waals surface area (Å²) in [6.07, 6.45) is 1.17. The van der Waals surface area contributed by atoms with E-state index in [0.717, 1.165) is 17.0 Å². The number of hydrogen-bond donors (Lipinski definition) is 1. The molecule has 0 saturated carbocycles. The van der Waals surface area contributed by atoms with Gasteiger partial charge in [0.15, 0.2) is 0 Å². The van der Waals surface area contributed by atoms with E-state index >= 15 is 0 Å². The van der Waals surface area contributed by atoms with Crippen LogP contribution < -0.4 is 5.73 Å². The molecule has 0 heterocycles. The Bertz CT molecular complexity index is 355. The summed E-state index contributed by atoms with van der Waals surface area (Å²) in [5, 5.41) is 0.752. The van der Waals surface area contributed by atoms with Crippen LogP contribution in [-0.4, -0.2) is 30.9 Å². The Morgan fingerprint density at radius 2 is 2.12 bits per heavy atom. The van der Waals surface area contributed by atoms with Crippen LogP contribution in [0.15, 0.2) is 24.3 Å². The lowest BCUT2D eigenvalue weighted by molar-refractivity contribution is -0.129. The predicted octanol–water partition coefficient (Wildman–Crippen LogP) is 1.69. The SMILES string of the molecule is CN(CCc1ccccc1Cl)C(=O)CCN. The van der Waals surface area contributed by atoms with Gasteiger partial charge < -0.3 is 10.6 Å². The van der Waals surface area contributed by atoms with E-state index in [1.807, 2.05) is 24.3 Å². The summed E-state index contributed by atoms with van der Waals surface area (Å²) in [5.74, 6) is 0.0783. The smallest absolute Gasteiger partial charge is 0.223 e. The molecule has 16 heavy (non-hydrogen) atoms. The molecule has 0 unspecified atom stereocenters. The molecule has 0 aliphatic heterocycles. The minimum atomic E-state index is 0.0783. The second-order valence-corrected chi connectivity index (χ2v) is 4.10. The third-order valence-electron chi connectivity index (χ3n) is 2.46. The minimum absolute atomic E-state index is 0.0783. The van der Waals surface area contributed by atoms with Crippen molar-refractivity contribution in [2.24, 2.45) is 5.73 Å². The third-order valence-corrected chi connectivity index (χ3v) is 2.83. The molecule has 3 nitrogen and oxygen atoms in total. The second kappa shape index (κ2) is 6.51. The molecule has 2 N–H and O–H groups in total. The molecule has 88 valence electrons. The lowest BCUT2D eigenvalue weighted by Crippen LogP contribution is -2.30. The molecule has 4 heteroatoms. The standard InChI is InChI=1S/C12H17ClN2O/c1-15(12(16)6-8-14)9-7-10-4-2-3-5-11(10)13/h2-5H,6-9,14H2,1H3. The highest BCUT2D eigenvalue weighted by Gasteiger charge is 2.08. The van der Waals surface area contributed by atoms with E-state index < -0.39 is 0 Å². The number of carbonyl (C=O) groups excluding carboxylic acids is 1. The average Bonchev–Trinajstić information content (AvgIpc) is 2.28. The molecule has 1 rings (SSSR count). The second-order valence-electron chi connectivity index (χ2n) is 3.70. The van der Waals surface area contributed by atoms with Crippen LogP contribution in [0, 0.1) is 0 Å². The topological polar surface area (TPSA) is 46.3 Å². The zero-order valence-electron chi connectivity index (χ0n) is 9.45. The van der Waals surface area contributed by atoms with Crippen molar-refractivity contribution in [3.63, 3.8) is 0 Å². The van der Waals surface area contributed by atoms with Crippen LogP contribution in [0.25, 0.3) is 0 Å². The van der Waals surface area contributed by atoms with Gasteiger partial charge in [-0.1, -0.05) is 29.8 Å². The quantitative estimate of drug-likeness (QED) is 0.852. The average molecular weight is 241 g/mol. The monoisotopic (exact) mass is 240 g/mol. The molecule has 0 spiro atoms. The summed E-state index contributed by atoms with van der Waals surface area (Å²) in [4.78, 5) is 13.2. The van der Waals surface area contributed by atoms with E-state index in [1.165, 1.54) is 0 Å². The molecule has 0 aromatic heterocycles. The summed E-state index contributed by atoms with van der Waals surface area (Å²) in [6.45, 7) is 1.07. The zero-order chi connectivity index (χ0) is 12.0. The van der Waals surface area contributed by atoms with Crippen molar-refractivity contribution >= 4 is 17.5 Å². The summed E-state index contributed by atoms with van der Waals surface area (Å²) in [7, 11) is 1.79. The van der Waals surface area contributed by atoms with Crippen LogP contribution in [0.1, 0.15) is 12.0 Å². The lowest BCUT2D eigenvalue weighted by atomic mass is 10.1. The Balaban J connectivity index is 2.46. The molecule has 0 atom stereocenters. The van der Waals surface area contributed by atoms with Crippen LogP contribution in [0.2, 0.25) is 5.02 Å². The molecule has 0 aliphatic carbocycles. The number of rotatable bonds is 5. The fourth-order valence-corrected chi connectivity index (χ4v) is 1.66. The molecular formula is C12H17ClN2O. The first-order valence-corrected chi connectivity index (χ1v) is 5.70. The van der Waals surface area contributed by atoms with Gasteiger partial charge in [-0.25, -0.2) is 0 Å². The highest BCUT2D eigenvalue weighted by atomic mass is 35.5. The van der Waals surface area contributed by atoms with Gasteiger partial charge >= 0.3 is 0 Å². The van der Waals surface area contributed by atoms with Gasteiger partial charge in [0.05, 0.1) is 0 Å². The van der Waals surface area contributed by atoms with Crippen LogP contribution in [-0.2, 0) is 11.2 Å². The third kappa shape index (κ3) is 3.83. The van der Waals surface area contributed by atoms with E-state index in [0.29, 0.717) is 19.5 Å². The molecular weight excluding hydrogens is 224 g/mol. The van der Waals surface area contributed by atoms with Crippen molar-refractivity contribution < 1.29 is 4.79 Å². The van der Waals surface area contributed by atoms with Crippen LogP contribution in [0.4, 0.5) is 0 Å². The van der Waals surface area contributed by atoms with Gasteiger partial charge in [-0.15, -0.1) is 0 Å². The van der Waals surface area contributed by atoms with Gasteiger partial charge in [0.2, 0.25) is 5.91 Å². The number of nitrogens with zero attached hydrogens (tertiary/aromatic N) is 1. The van der Waals surface area contributed by atoms with E-state index in [1.54, 1.807) is 11.9 Å². The molecule has 0 radical (unpaired) electrons. The number of carbonyl (C=O) groups is 1. The van der Waals surface area contributed by atoms with E-state index in [2.05, 4.69) is 0 Å². The maximum atomic E-state index is 11.5. The Labute approximate surface area is 101 Å². The number of hydrogen-bond acceptors (Lipinski definition) is 2. The maximum Gasteiger partial charge on any atom is 0.223 e. The fourth-order valence-electron chi connectivity index (χ4n) is 1.43. The Kier molecular flexibility index (Phi) is 5.29. The van der Waals surface area contributed by atoms with Crippen molar-refractivity contribution in [1.82, 2.24) is 4.90 Å². The van der Waals surface area contributed by atoms with Crippen molar-refractivity contribution in [3.05, 3.63) is 34.9 Å². The van der Waals surface area contributed by atoms with Crippen molar-refractivity contribution in [3.8, 4) is 0 Å². The van der Waals surface area contributed by atoms with Gasteiger partial charge in [0.1, 0.15) is 0 Å². The lowest BCUT2D eigenvalue weighted by Gasteiger charge is -2.17. The predicted molar refractivity (Wildman–Crippen MR) is 66.5 cm³/mol. The van der Waals surface area contributed by atoms with Gasteiger partial charge in [-0.3, -0.25) is 4.79 Å². The first-order chi connectivity index (χ1) is 7.65. The molecule has 1 aromatic carbocycles. The van der Waals surface area contributed by atoms with E-state index in [4.69, 9.17) is 17.3 Å². The van der Waals surface area contributed by atoms with E-state index in [-0.39, 0.29) is 5.91 Å². The number of amides is 1. The van der Waals surface area contributed by atoms with Crippen molar-refractivity contribution in [2.75, 3.05) is 20.1 Å². The largest absolute Gasteiger partial charge is 0.345 e.